The van der Waals surface area contributed by atoms with Gasteiger partial charge in [-0.25, -0.2) is 4.79 Å². The van der Waals surface area contributed by atoms with Crippen LogP contribution in [-0.2, 0) is 14.0 Å². The Labute approximate surface area is 145 Å². The Bertz CT molecular complexity index is 560. The van der Waals surface area contributed by atoms with Gasteiger partial charge in [-0.15, -0.1) is 0 Å². The molecule has 24 heavy (non-hydrogen) atoms. The predicted octanol–water partition coefficient (Wildman–Crippen LogP) is 3.72. The molecule has 2 saturated heterocycles. The number of carbonyl (C=O) groups excluding carboxylic acids is 1. The molecule has 6 heteroatoms. The molecule has 2 bridgehead atoms. The van der Waals surface area contributed by atoms with Crippen molar-refractivity contribution in [2.75, 3.05) is 6.54 Å². The minimum Gasteiger partial charge on any atom is -0.444 e. The van der Waals surface area contributed by atoms with Crippen LogP contribution < -0.4 is 0 Å². The lowest BCUT2D eigenvalue weighted by Gasteiger charge is -2.43. The van der Waals surface area contributed by atoms with E-state index in [-0.39, 0.29) is 30.5 Å². The summed E-state index contributed by atoms with van der Waals surface area (Å²) in [6.07, 6.45) is 2.63. The lowest BCUT2D eigenvalue weighted by Crippen LogP contribution is -2.51. The molecule has 0 radical (unpaired) electrons. The third-order valence-electron chi connectivity index (χ3n) is 5.66. The van der Waals surface area contributed by atoms with Gasteiger partial charge in [0, 0.05) is 12.6 Å². The number of hydrogen-bond donors (Lipinski definition) is 0. The van der Waals surface area contributed by atoms with Crippen LogP contribution in [0.3, 0.4) is 0 Å². The minimum atomic E-state index is -0.462. The summed E-state index contributed by atoms with van der Waals surface area (Å²) in [5.41, 5.74) is 1.41. The second-order valence-electron chi connectivity index (χ2n) is 9.22. The number of nitrogens with zero attached hydrogens (tertiary/aromatic N) is 1. The Morgan fingerprint density at radius 1 is 1.21 bits per heavy atom. The molecule has 0 aromatic rings. The second-order valence-corrected chi connectivity index (χ2v) is 9.22. The van der Waals surface area contributed by atoms with Gasteiger partial charge in [-0.05, 0) is 73.2 Å². The van der Waals surface area contributed by atoms with Crippen molar-refractivity contribution >= 4 is 13.2 Å². The van der Waals surface area contributed by atoms with Gasteiger partial charge in [-0.3, -0.25) is 0 Å². The van der Waals surface area contributed by atoms with Gasteiger partial charge in [-0.2, -0.15) is 0 Å². The summed E-state index contributed by atoms with van der Waals surface area (Å²) < 4.78 is 18.0. The first-order valence-electron chi connectivity index (χ1n) is 8.96. The van der Waals surface area contributed by atoms with E-state index in [0.29, 0.717) is 6.54 Å². The first-order chi connectivity index (χ1) is 10.9. The van der Waals surface area contributed by atoms with Crippen LogP contribution in [0.1, 0.15) is 67.7 Å². The van der Waals surface area contributed by atoms with Crippen LogP contribution in [0, 0.1) is 0 Å². The highest BCUT2D eigenvalue weighted by atomic mass is 16.7. The monoisotopic (exact) mass is 335 g/mol. The van der Waals surface area contributed by atoms with E-state index < -0.39 is 5.60 Å². The normalized spacial score (nSPS) is 28.5. The van der Waals surface area contributed by atoms with Crippen molar-refractivity contribution in [2.45, 2.75) is 90.6 Å². The fourth-order valence-electron chi connectivity index (χ4n) is 3.57. The Hall–Kier alpha value is -1.01. The van der Waals surface area contributed by atoms with Gasteiger partial charge in [0.15, 0.2) is 0 Å². The Morgan fingerprint density at radius 3 is 2.25 bits per heavy atom. The van der Waals surface area contributed by atoms with Gasteiger partial charge in [0.05, 0.1) is 11.2 Å². The molecule has 0 spiro atoms. The molecule has 3 aliphatic heterocycles. The number of fused-ring (bicyclic) bond motifs is 3. The van der Waals surface area contributed by atoms with Gasteiger partial charge in [0.2, 0.25) is 0 Å². The zero-order valence-corrected chi connectivity index (χ0v) is 16.1. The van der Waals surface area contributed by atoms with Crippen molar-refractivity contribution in [1.82, 2.24) is 4.90 Å². The SMILES string of the molecule is CC(C)(C)OC(=O)N1CC2=C(B3OC(C)(C)C(C)(C)O3)CC1CC2. The highest BCUT2D eigenvalue weighted by Crippen LogP contribution is 2.44. The molecule has 134 valence electrons. The molecule has 1 amide bonds. The maximum atomic E-state index is 12.5. The van der Waals surface area contributed by atoms with E-state index in [1.54, 1.807) is 0 Å². The topological polar surface area (TPSA) is 48.0 Å². The molecule has 1 aliphatic carbocycles. The molecule has 4 rings (SSSR count). The number of ether oxygens (including phenoxy) is 1. The van der Waals surface area contributed by atoms with Crippen molar-refractivity contribution in [1.29, 1.82) is 0 Å². The van der Waals surface area contributed by atoms with Gasteiger partial charge < -0.3 is 18.9 Å². The maximum absolute atomic E-state index is 12.5. The third-order valence-corrected chi connectivity index (χ3v) is 5.66. The van der Waals surface area contributed by atoms with Crippen LogP contribution in [-0.4, -0.2) is 47.5 Å². The maximum Gasteiger partial charge on any atom is 0.490 e. The van der Waals surface area contributed by atoms with Crippen molar-refractivity contribution in [2.24, 2.45) is 0 Å². The highest BCUT2D eigenvalue weighted by molar-refractivity contribution is 6.55. The van der Waals surface area contributed by atoms with Crippen molar-refractivity contribution in [3.8, 4) is 0 Å². The Balaban J connectivity index is 1.76. The number of carbonyl (C=O) groups is 1. The standard InChI is InChI=1S/C18H30BNO4/c1-16(2,3)22-15(21)20-11-12-8-9-13(20)10-14(12)19-23-17(4,5)18(6,7)24-19/h13H,8-11H2,1-7H3. The van der Waals surface area contributed by atoms with E-state index in [0.717, 1.165) is 19.3 Å². The Kier molecular flexibility index (Phi) is 4.08. The van der Waals surface area contributed by atoms with E-state index >= 15 is 0 Å². The van der Waals surface area contributed by atoms with Gasteiger partial charge in [-0.1, -0.05) is 5.57 Å². The van der Waals surface area contributed by atoms with E-state index in [9.17, 15) is 4.79 Å². The first-order valence-corrected chi connectivity index (χ1v) is 8.96. The summed E-state index contributed by atoms with van der Waals surface area (Å²) in [5.74, 6) is 0. The quantitative estimate of drug-likeness (QED) is 0.685. The average molecular weight is 335 g/mol. The fraction of sp³-hybridized carbons (Fsp3) is 0.833. The molecule has 5 nitrogen and oxygen atoms in total. The summed E-state index contributed by atoms with van der Waals surface area (Å²) in [6.45, 7) is 14.7. The van der Waals surface area contributed by atoms with E-state index in [4.69, 9.17) is 14.0 Å². The van der Waals surface area contributed by atoms with Crippen LogP contribution in [0.5, 0.6) is 0 Å². The fourth-order valence-corrected chi connectivity index (χ4v) is 3.57. The molecule has 1 atom stereocenters. The van der Waals surface area contributed by atoms with Gasteiger partial charge >= 0.3 is 13.2 Å². The molecule has 0 N–H and O–H groups in total. The summed E-state index contributed by atoms with van der Waals surface area (Å²) in [6, 6.07) is 0.186. The summed E-state index contributed by atoms with van der Waals surface area (Å²) >= 11 is 0. The Morgan fingerprint density at radius 2 is 1.79 bits per heavy atom. The van der Waals surface area contributed by atoms with E-state index in [2.05, 4.69) is 27.7 Å². The number of hydrogen-bond acceptors (Lipinski definition) is 4. The zero-order chi connectivity index (χ0) is 17.9. The largest absolute Gasteiger partial charge is 0.490 e. The van der Waals surface area contributed by atoms with E-state index in [1.165, 1.54) is 11.0 Å². The van der Waals surface area contributed by atoms with Gasteiger partial charge in [0.1, 0.15) is 5.60 Å². The van der Waals surface area contributed by atoms with Crippen molar-refractivity contribution in [3.05, 3.63) is 11.0 Å². The summed E-state index contributed by atoms with van der Waals surface area (Å²) in [7, 11) is -0.284. The number of rotatable bonds is 1. The highest BCUT2D eigenvalue weighted by Gasteiger charge is 2.54. The molecule has 0 saturated carbocycles. The van der Waals surface area contributed by atoms with Crippen LogP contribution in [0.2, 0.25) is 0 Å². The molecule has 0 aromatic heterocycles. The molecule has 3 heterocycles. The molecule has 4 aliphatic rings. The molecular formula is C18H30BNO4. The van der Waals surface area contributed by atoms with Crippen LogP contribution >= 0.6 is 0 Å². The average Bonchev–Trinajstić information content (AvgIpc) is 2.66. The molecular weight excluding hydrogens is 305 g/mol. The molecule has 0 aromatic carbocycles. The van der Waals surface area contributed by atoms with Crippen molar-refractivity contribution in [3.63, 3.8) is 0 Å². The number of piperidine rings is 1. The first kappa shape index (κ1) is 17.8. The van der Waals surface area contributed by atoms with Crippen molar-refractivity contribution < 1.29 is 18.8 Å². The van der Waals surface area contributed by atoms with Gasteiger partial charge in [0.25, 0.3) is 0 Å². The lowest BCUT2D eigenvalue weighted by molar-refractivity contribution is 0.00578. The smallest absolute Gasteiger partial charge is 0.444 e. The summed E-state index contributed by atoms with van der Waals surface area (Å²) in [4.78, 5) is 14.3. The lowest BCUT2D eigenvalue weighted by atomic mass is 9.66. The molecule has 1 unspecified atom stereocenters. The second kappa shape index (κ2) is 5.50. The number of amides is 1. The zero-order valence-electron chi connectivity index (χ0n) is 16.1. The predicted molar refractivity (Wildman–Crippen MR) is 93.7 cm³/mol. The third kappa shape index (κ3) is 3.10. The van der Waals surface area contributed by atoms with Crippen LogP contribution in [0.15, 0.2) is 11.0 Å². The van der Waals surface area contributed by atoms with Crippen LogP contribution in [0.25, 0.3) is 0 Å². The van der Waals surface area contributed by atoms with Crippen LogP contribution in [0.4, 0.5) is 4.79 Å². The van der Waals surface area contributed by atoms with E-state index in [1.807, 2.05) is 25.7 Å². The summed E-state index contributed by atoms with van der Waals surface area (Å²) in [5, 5.41) is 0. The minimum absolute atomic E-state index is 0.186. The molecule has 2 fully saturated rings.